The van der Waals surface area contributed by atoms with E-state index < -0.39 is 18.0 Å². The van der Waals surface area contributed by atoms with E-state index in [1.165, 1.54) is 18.2 Å². The molecule has 1 heterocycles. The second-order valence-electron chi connectivity index (χ2n) is 5.12. The molecule has 1 amide bonds. The van der Waals surface area contributed by atoms with Crippen LogP contribution in [0.3, 0.4) is 0 Å². The monoisotopic (exact) mass is 424 g/mol. The van der Waals surface area contributed by atoms with Crippen molar-refractivity contribution in [2.24, 2.45) is 0 Å². The molecule has 0 aliphatic carbocycles. The van der Waals surface area contributed by atoms with Gasteiger partial charge < -0.3 is 14.5 Å². The lowest BCUT2D eigenvalue weighted by molar-refractivity contribution is -0.274. The van der Waals surface area contributed by atoms with Gasteiger partial charge in [-0.1, -0.05) is 6.07 Å². The van der Waals surface area contributed by atoms with Crippen molar-refractivity contribution in [3.63, 3.8) is 0 Å². The molecule has 0 saturated carbocycles. The summed E-state index contributed by atoms with van der Waals surface area (Å²) < 4.78 is 45.9. The number of benzene rings is 2. The number of anilines is 1. The van der Waals surface area contributed by atoms with Gasteiger partial charge in [-0.25, -0.2) is 0 Å². The van der Waals surface area contributed by atoms with E-state index in [2.05, 4.69) is 26.0 Å². The van der Waals surface area contributed by atoms with Crippen LogP contribution in [-0.4, -0.2) is 12.3 Å². The fourth-order valence-corrected chi connectivity index (χ4v) is 2.68. The zero-order valence-corrected chi connectivity index (χ0v) is 14.3. The number of ether oxygens (including phenoxy) is 1. The van der Waals surface area contributed by atoms with Crippen LogP contribution in [-0.2, 0) is 0 Å². The molecule has 0 saturated heterocycles. The van der Waals surface area contributed by atoms with Crippen LogP contribution in [0.25, 0.3) is 11.0 Å². The van der Waals surface area contributed by atoms with Gasteiger partial charge in [-0.2, -0.15) is 5.26 Å². The van der Waals surface area contributed by atoms with E-state index in [-0.39, 0.29) is 21.5 Å². The first kappa shape index (κ1) is 17.8. The number of carbonyl (C=O) groups is 1. The number of fused-ring (bicyclic) bond motifs is 1. The Morgan fingerprint density at radius 2 is 1.96 bits per heavy atom. The van der Waals surface area contributed by atoms with E-state index in [9.17, 15) is 18.0 Å². The molecule has 2 aromatic carbocycles. The highest BCUT2D eigenvalue weighted by Gasteiger charge is 2.32. The van der Waals surface area contributed by atoms with Crippen LogP contribution in [0, 0.1) is 11.3 Å². The van der Waals surface area contributed by atoms with Gasteiger partial charge in [0.15, 0.2) is 0 Å². The molecule has 3 rings (SSSR count). The summed E-state index contributed by atoms with van der Waals surface area (Å²) in [6.07, 6.45) is -4.81. The van der Waals surface area contributed by atoms with Crippen LogP contribution in [0.2, 0.25) is 0 Å². The summed E-state index contributed by atoms with van der Waals surface area (Å²) in [4.78, 5) is 12.3. The molecule has 0 aliphatic heterocycles. The smallest absolute Gasteiger partial charge is 0.446 e. The number of nitrogens with one attached hydrogen (secondary N) is 1. The van der Waals surface area contributed by atoms with Crippen molar-refractivity contribution in [2.45, 2.75) is 6.36 Å². The van der Waals surface area contributed by atoms with E-state index in [1.807, 2.05) is 6.07 Å². The van der Waals surface area contributed by atoms with Gasteiger partial charge >= 0.3 is 6.36 Å². The van der Waals surface area contributed by atoms with Gasteiger partial charge in [0.2, 0.25) is 5.76 Å². The number of rotatable bonds is 3. The van der Waals surface area contributed by atoms with Gasteiger partial charge in [0.1, 0.15) is 17.4 Å². The van der Waals surface area contributed by atoms with Crippen molar-refractivity contribution in [1.82, 2.24) is 0 Å². The third-order valence-corrected chi connectivity index (χ3v) is 3.93. The molecule has 1 N–H and O–H groups in total. The Hall–Kier alpha value is -2.99. The number of furan rings is 1. The summed E-state index contributed by atoms with van der Waals surface area (Å²) in [5, 5.41) is 12.1. The quantitative estimate of drug-likeness (QED) is 0.625. The number of hydrogen-bond donors (Lipinski definition) is 1. The zero-order chi connectivity index (χ0) is 18.9. The fraction of sp³-hybridized carbons (Fsp3) is 0.0588. The van der Waals surface area contributed by atoms with Crippen molar-refractivity contribution >= 4 is 38.5 Å². The summed E-state index contributed by atoms with van der Waals surface area (Å²) in [6.45, 7) is 0. The minimum Gasteiger partial charge on any atom is -0.446 e. The van der Waals surface area contributed by atoms with Gasteiger partial charge in [-0.3, -0.25) is 4.79 Å². The summed E-state index contributed by atoms with van der Waals surface area (Å²) in [5.74, 6) is -0.781. The fourth-order valence-electron chi connectivity index (χ4n) is 2.22. The Balaban J connectivity index is 1.79. The summed E-state index contributed by atoms with van der Waals surface area (Å²) in [5.41, 5.74) is 0.918. The number of nitriles is 1. The third kappa shape index (κ3) is 3.97. The van der Waals surface area contributed by atoms with Crippen LogP contribution in [0.1, 0.15) is 16.1 Å². The number of hydrogen-bond acceptors (Lipinski definition) is 4. The average molecular weight is 425 g/mol. The Kier molecular flexibility index (Phi) is 4.61. The number of alkyl halides is 3. The predicted molar refractivity (Wildman–Crippen MR) is 89.7 cm³/mol. The molecule has 26 heavy (non-hydrogen) atoms. The lowest BCUT2D eigenvalue weighted by atomic mass is 10.1. The average Bonchev–Trinajstić information content (AvgIpc) is 2.98. The molecular formula is C17H8BrF3N2O3. The van der Waals surface area contributed by atoms with E-state index in [0.717, 1.165) is 6.07 Å². The van der Waals surface area contributed by atoms with Crippen molar-refractivity contribution in [1.29, 1.82) is 5.26 Å². The van der Waals surface area contributed by atoms with Crippen LogP contribution in [0.5, 0.6) is 5.75 Å². The second-order valence-corrected chi connectivity index (χ2v) is 5.98. The molecule has 0 aliphatic rings. The summed E-state index contributed by atoms with van der Waals surface area (Å²) in [6, 6.07) is 11.7. The molecule has 0 atom stereocenters. The molecule has 9 heteroatoms. The summed E-state index contributed by atoms with van der Waals surface area (Å²) >= 11 is 2.97. The number of nitrogens with zero attached hydrogens (tertiary/aromatic N) is 1. The lowest BCUT2D eigenvalue weighted by Crippen LogP contribution is -2.17. The Labute approximate surface area is 153 Å². The van der Waals surface area contributed by atoms with E-state index in [1.54, 1.807) is 18.2 Å². The maximum Gasteiger partial charge on any atom is 0.573 e. The Bertz CT molecular complexity index is 1040. The van der Waals surface area contributed by atoms with Crippen molar-refractivity contribution in [3.8, 4) is 11.8 Å². The van der Waals surface area contributed by atoms with Crippen LogP contribution < -0.4 is 10.1 Å². The minimum absolute atomic E-state index is 0.0350. The van der Waals surface area contributed by atoms with E-state index in [0.29, 0.717) is 11.0 Å². The first-order valence-corrected chi connectivity index (χ1v) is 7.85. The van der Waals surface area contributed by atoms with Crippen molar-refractivity contribution in [3.05, 3.63) is 58.3 Å². The first-order chi connectivity index (χ1) is 12.2. The van der Waals surface area contributed by atoms with Gasteiger partial charge in [0.05, 0.1) is 4.47 Å². The maximum absolute atomic E-state index is 12.3. The molecule has 1 aromatic heterocycles. The lowest BCUT2D eigenvalue weighted by Gasteiger charge is -2.12. The van der Waals surface area contributed by atoms with E-state index >= 15 is 0 Å². The van der Waals surface area contributed by atoms with Gasteiger partial charge in [0.25, 0.3) is 5.91 Å². The normalized spacial score (nSPS) is 11.2. The molecule has 0 bridgehead atoms. The molecule has 0 unspecified atom stereocenters. The van der Waals surface area contributed by atoms with Gasteiger partial charge in [-0.05, 0) is 46.3 Å². The van der Waals surface area contributed by atoms with Crippen LogP contribution in [0.4, 0.5) is 18.9 Å². The molecule has 3 aromatic rings. The molecule has 0 radical (unpaired) electrons. The van der Waals surface area contributed by atoms with Gasteiger partial charge in [-0.15, -0.1) is 13.2 Å². The molecular weight excluding hydrogens is 417 g/mol. The molecule has 5 nitrogen and oxygen atoms in total. The number of halogens is 4. The number of carbonyl (C=O) groups excluding carboxylic acids is 1. The standard InChI is InChI=1S/C17H8BrF3N2O3/c18-13-7-11(3-4-14(13)26-17(19,20)21)23-16(24)10-2-1-9-5-12(8-22)25-15(9)6-10/h1-7H,(H,23,24). The number of amides is 1. The van der Waals surface area contributed by atoms with Crippen molar-refractivity contribution < 1.29 is 27.1 Å². The highest BCUT2D eigenvalue weighted by molar-refractivity contribution is 9.10. The SMILES string of the molecule is N#Cc1cc2ccc(C(=O)Nc3ccc(OC(F)(F)F)c(Br)c3)cc2o1. The first-order valence-electron chi connectivity index (χ1n) is 7.05. The largest absolute Gasteiger partial charge is 0.573 e. The minimum atomic E-state index is -4.81. The molecule has 0 fully saturated rings. The maximum atomic E-state index is 12.3. The van der Waals surface area contributed by atoms with Crippen LogP contribution in [0.15, 0.2) is 51.4 Å². The molecule has 132 valence electrons. The topological polar surface area (TPSA) is 75.3 Å². The highest BCUT2D eigenvalue weighted by Crippen LogP contribution is 2.32. The summed E-state index contributed by atoms with van der Waals surface area (Å²) in [7, 11) is 0. The van der Waals surface area contributed by atoms with E-state index in [4.69, 9.17) is 9.68 Å². The van der Waals surface area contributed by atoms with Crippen molar-refractivity contribution in [2.75, 3.05) is 5.32 Å². The zero-order valence-electron chi connectivity index (χ0n) is 12.7. The highest BCUT2D eigenvalue weighted by atomic mass is 79.9. The second kappa shape index (κ2) is 6.72. The molecule has 0 spiro atoms. The predicted octanol–water partition coefficient (Wildman–Crippen LogP) is 5.22. The van der Waals surface area contributed by atoms with Crippen LogP contribution >= 0.6 is 15.9 Å². The Morgan fingerprint density at radius 1 is 1.19 bits per heavy atom. The Morgan fingerprint density at radius 3 is 2.62 bits per heavy atom. The van der Waals surface area contributed by atoms with Gasteiger partial charge in [0, 0.05) is 22.7 Å². The third-order valence-electron chi connectivity index (χ3n) is 3.31.